The van der Waals surface area contributed by atoms with Crippen molar-refractivity contribution in [3.63, 3.8) is 0 Å². The van der Waals surface area contributed by atoms with Crippen molar-refractivity contribution in [1.82, 2.24) is 0 Å². The van der Waals surface area contributed by atoms with Gasteiger partial charge in [-0.25, -0.2) is 0 Å². The van der Waals surface area contributed by atoms with E-state index in [1.807, 2.05) is 0 Å². The van der Waals surface area contributed by atoms with Crippen molar-refractivity contribution in [2.75, 3.05) is 11.9 Å². The molecule has 0 aliphatic heterocycles. The highest BCUT2D eigenvalue weighted by Crippen LogP contribution is 2.61. The van der Waals surface area contributed by atoms with Crippen molar-refractivity contribution >= 4 is 29.3 Å². The molecule has 1 aromatic carbocycles. The minimum absolute atomic E-state index is 0.359. The van der Waals surface area contributed by atoms with E-state index in [1.54, 1.807) is 0 Å². The lowest BCUT2D eigenvalue weighted by atomic mass is 9.48. The van der Waals surface area contributed by atoms with Crippen molar-refractivity contribution < 1.29 is 28.2 Å². The quantitative estimate of drug-likeness (QED) is 0.550. The van der Waals surface area contributed by atoms with Gasteiger partial charge in [-0.05, 0) is 74.6 Å². The summed E-state index contributed by atoms with van der Waals surface area (Å²) in [6, 6.07) is 6.04. The standard InChI is InChI=1S/C20H23F2NO4S/c21-18(22)28-15-3-1-14(2-4-15)23-16(24)10-27-17(25)19-6-12-5-13(7-19)9-20(26,8-12)11-19/h1-4,12-13,18,26H,5-11H2,(H,23,24)/t12-,13+,19?,20?. The Bertz CT molecular complexity index is 756. The number of hydrogen-bond donors (Lipinski definition) is 2. The number of ether oxygens (including phenoxy) is 1. The van der Waals surface area contributed by atoms with Crippen molar-refractivity contribution in [3.8, 4) is 0 Å². The average molecular weight is 411 g/mol. The van der Waals surface area contributed by atoms with Gasteiger partial charge < -0.3 is 15.2 Å². The summed E-state index contributed by atoms with van der Waals surface area (Å²) in [5.41, 5.74) is -0.972. The summed E-state index contributed by atoms with van der Waals surface area (Å²) >= 11 is 0.431. The zero-order chi connectivity index (χ0) is 19.9. The number of thioether (sulfide) groups is 1. The number of nitrogens with one attached hydrogen (secondary N) is 1. The van der Waals surface area contributed by atoms with Gasteiger partial charge in [0, 0.05) is 10.6 Å². The van der Waals surface area contributed by atoms with Crippen LogP contribution in [0.4, 0.5) is 14.5 Å². The van der Waals surface area contributed by atoms with Gasteiger partial charge in [-0.2, -0.15) is 8.78 Å². The molecule has 0 aromatic heterocycles. The van der Waals surface area contributed by atoms with Gasteiger partial charge in [0.2, 0.25) is 0 Å². The van der Waals surface area contributed by atoms with Crippen LogP contribution in [0.15, 0.2) is 29.2 Å². The number of benzene rings is 1. The van der Waals surface area contributed by atoms with E-state index in [1.165, 1.54) is 24.3 Å². The first-order valence-electron chi connectivity index (χ1n) is 9.50. The molecule has 4 fully saturated rings. The first-order valence-corrected chi connectivity index (χ1v) is 10.4. The molecule has 152 valence electrons. The predicted octanol–water partition coefficient (Wildman–Crippen LogP) is 3.81. The van der Waals surface area contributed by atoms with Crippen LogP contribution in [0.2, 0.25) is 0 Å². The molecular formula is C20H23F2NO4S. The number of hydrogen-bond acceptors (Lipinski definition) is 5. The maximum absolute atomic E-state index is 12.8. The van der Waals surface area contributed by atoms with E-state index in [0.717, 1.165) is 32.1 Å². The first-order chi connectivity index (χ1) is 13.3. The van der Waals surface area contributed by atoms with Crippen LogP contribution in [0.25, 0.3) is 0 Å². The molecule has 4 atom stereocenters. The number of halogens is 2. The largest absolute Gasteiger partial charge is 0.455 e. The average Bonchev–Trinajstić information content (AvgIpc) is 2.59. The monoisotopic (exact) mass is 411 g/mol. The molecule has 4 aliphatic carbocycles. The van der Waals surface area contributed by atoms with Crippen molar-refractivity contribution in [1.29, 1.82) is 0 Å². The van der Waals surface area contributed by atoms with Gasteiger partial charge >= 0.3 is 5.97 Å². The summed E-state index contributed by atoms with van der Waals surface area (Å²) in [7, 11) is 0. The van der Waals surface area contributed by atoms with Gasteiger partial charge in [-0.1, -0.05) is 11.8 Å². The summed E-state index contributed by atoms with van der Waals surface area (Å²) in [6.07, 6.45) is 4.48. The maximum atomic E-state index is 12.8. The zero-order valence-electron chi connectivity index (χ0n) is 15.3. The SMILES string of the molecule is O=C(COC(=O)C12C[C@@H]3C[C@@H](CC(O)(C3)C1)C2)Nc1ccc(SC(F)F)cc1. The predicted molar refractivity (Wildman–Crippen MR) is 100.0 cm³/mol. The van der Waals surface area contributed by atoms with Crippen LogP contribution in [0.3, 0.4) is 0 Å². The molecule has 0 spiro atoms. The summed E-state index contributed by atoms with van der Waals surface area (Å²) in [5.74, 6) is -2.65. The number of esters is 1. The Kier molecular flexibility index (Phi) is 5.12. The molecular weight excluding hydrogens is 388 g/mol. The lowest BCUT2D eigenvalue weighted by Gasteiger charge is -2.58. The Morgan fingerprint density at radius 3 is 2.39 bits per heavy atom. The minimum Gasteiger partial charge on any atom is -0.455 e. The van der Waals surface area contributed by atoms with Gasteiger partial charge in [0.25, 0.3) is 11.7 Å². The normalized spacial score (nSPS) is 33.1. The molecule has 4 aliphatic rings. The highest BCUT2D eigenvalue weighted by Gasteiger charge is 2.60. The van der Waals surface area contributed by atoms with E-state index in [-0.39, 0.29) is 5.97 Å². The van der Waals surface area contributed by atoms with E-state index in [9.17, 15) is 23.5 Å². The first kappa shape index (κ1) is 19.6. The van der Waals surface area contributed by atoms with Crippen LogP contribution in [-0.4, -0.2) is 34.9 Å². The Balaban J connectivity index is 1.31. The Morgan fingerprint density at radius 2 is 1.82 bits per heavy atom. The van der Waals surface area contributed by atoms with Crippen molar-refractivity contribution in [3.05, 3.63) is 24.3 Å². The fourth-order valence-electron chi connectivity index (χ4n) is 5.65. The van der Waals surface area contributed by atoms with Gasteiger partial charge in [0.15, 0.2) is 6.61 Å². The molecule has 4 saturated carbocycles. The number of amides is 1. The Hall–Kier alpha value is -1.67. The number of aliphatic hydroxyl groups is 1. The molecule has 4 bridgehead atoms. The molecule has 28 heavy (non-hydrogen) atoms. The van der Waals surface area contributed by atoms with Gasteiger partial charge in [0.05, 0.1) is 11.0 Å². The van der Waals surface area contributed by atoms with Crippen molar-refractivity contribution in [2.24, 2.45) is 17.3 Å². The van der Waals surface area contributed by atoms with Crippen LogP contribution < -0.4 is 5.32 Å². The highest BCUT2D eigenvalue weighted by molar-refractivity contribution is 7.99. The minimum atomic E-state index is -2.50. The molecule has 5 nitrogen and oxygen atoms in total. The molecule has 5 rings (SSSR count). The van der Waals surface area contributed by atoms with Gasteiger partial charge in [-0.15, -0.1) is 0 Å². The summed E-state index contributed by atoms with van der Waals surface area (Å²) < 4.78 is 30.0. The summed E-state index contributed by atoms with van der Waals surface area (Å²) in [6.45, 7) is -0.401. The topological polar surface area (TPSA) is 75.6 Å². The number of rotatable bonds is 6. The number of alkyl halides is 2. The van der Waals surface area contributed by atoms with Crippen LogP contribution in [-0.2, 0) is 14.3 Å². The fourth-order valence-corrected chi connectivity index (χ4v) is 6.15. The lowest BCUT2D eigenvalue weighted by Crippen LogP contribution is -2.58. The van der Waals surface area contributed by atoms with E-state index in [4.69, 9.17) is 4.74 Å². The van der Waals surface area contributed by atoms with Gasteiger partial charge in [0.1, 0.15) is 0 Å². The Morgan fingerprint density at radius 1 is 1.18 bits per heavy atom. The molecule has 0 heterocycles. The van der Waals surface area contributed by atoms with E-state index < -0.39 is 29.3 Å². The second kappa shape index (κ2) is 7.30. The molecule has 2 N–H and O–H groups in total. The molecule has 1 amide bonds. The van der Waals surface area contributed by atoms with Crippen LogP contribution >= 0.6 is 11.8 Å². The molecule has 0 radical (unpaired) electrons. The van der Waals surface area contributed by atoms with E-state index in [0.29, 0.717) is 40.6 Å². The highest BCUT2D eigenvalue weighted by atomic mass is 32.2. The number of carbonyl (C=O) groups is 2. The smallest absolute Gasteiger partial charge is 0.312 e. The van der Waals surface area contributed by atoms with Gasteiger partial charge in [-0.3, -0.25) is 9.59 Å². The fraction of sp³-hybridized carbons (Fsp3) is 0.600. The van der Waals surface area contributed by atoms with Crippen LogP contribution in [0, 0.1) is 17.3 Å². The maximum Gasteiger partial charge on any atom is 0.312 e. The molecule has 8 heteroatoms. The number of carbonyl (C=O) groups excluding carboxylic acids is 2. The van der Waals surface area contributed by atoms with Crippen LogP contribution in [0.5, 0.6) is 0 Å². The van der Waals surface area contributed by atoms with Crippen molar-refractivity contribution in [2.45, 2.75) is 54.8 Å². The molecule has 1 aromatic rings. The molecule has 0 saturated heterocycles. The van der Waals surface area contributed by atoms with E-state index >= 15 is 0 Å². The second-order valence-electron chi connectivity index (χ2n) is 8.49. The number of anilines is 1. The third-order valence-electron chi connectivity index (χ3n) is 6.16. The molecule has 2 unspecified atom stereocenters. The van der Waals surface area contributed by atoms with E-state index in [2.05, 4.69) is 5.32 Å². The zero-order valence-corrected chi connectivity index (χ0v) is 16.1. The third-order valence-corrected chi connectivity index (χ3v) is 6.88. The lowest BCUT2D eigenvalue weighted by molar-refractivity contribution is -0.196. The summed E-state index contributed by atoms with van der Waals surface area (Å²) in [4.78, 5) is 25.3. The van der Waals surface area contributed by atoms with Crippen LogP contribution in [0.1, 0.15) is 38.5 Å². The Labute approximate surface area is 166 Å². The summed E-state index contributed by atoms with van der Waals surface area (Å²) in [5, 5.41) is 13.3. The second-order valence-corrected chi connectivity index (χ2v) is 9.56. The third kappa shape index (κ3) is 4.03.